The highest BCUT2D eigenvalue weighted by Gasteiger charge is 2.29. The van der Waals surface area contributed by atoms with Gasteiger partial charge in [-0.25, -0.2) is 14.3 Å². The quantitative estimate of drug-likeness (QED) is 0.552. The maximum absolute atomic E-state index is 12.6. The van der Waals surface area contributed by atoms with E-state index in [-0.39, 0.29) is 5.69 Å². The van der Waals surface area contributed by atoms with Crippen LogP contribution in [0.25, 0.3) is 0 Å². The van der Waals surface area contributed by atoms with Crippen LogP contribution in [-0.4, -0.2) is 31.0 Å². The molecule has 2 aromatic carbocycles. The molecule has 0 bridgehead atoms. The van der Waals surface area contributed by atoms with Gasteiger partial charge in [0.1, 0.15) is 11.6 Å². The van der Waals surface area contributed by atoms with E-state index in [4.69, 9.17) is 4.74 Å². The minimum absolute atomic E-state index is 0.110. The summed E-state index contributed by atoms with van der Waals surface area (Å²) < 4.78 is 8.68. The highest BCUT2D eigenvalue weighted by molar-refractivity contribution is 5.76. The fourth-order valence-electron chi connectivity index (χ4n) is 3.70. The lowest BCUT2D eigenvalue weighted by Gasteiger charge is -2.21. The largest absolute Gasteiger partial charge is 0.478 e. The molecule has 0 aliphatic rings. The van der Waals surface area contributed by atoms with Gasteiger partial charge in [-0.2, -0.15) is 5.10 Å². The molecule has 0 amide bonds. The van der Waals surface area contributed by atoms with Gasteiger partial charge in [-0.1, -0.05) is 41.5 Å². The summed E-state index contributed by atoms with van der Waals surface area (Å²) in [5.41, 5.74) is 3.15. The Labute approximate surface area is 188 Å². The summed E-state index contributed by atoms with van der Waals surface area (Å²) in [4.78, 5) is 23.8. The first-order valence-electron chi connectivity index (χ1n) is 10.8. The van der Waals surface area contributed by atoms with E-state index in [0.717, 1.165) is 29.8 Å². The smallest absolute Gasteiger partial charge is 0.347 e. The molecule has 1 heterocycles. The van der Waals surface area contributed by atoms with Gasteiger partial charge in [-0.05, 0) is 63.8 Å². The first-order valence-corrected chi connectivity index (χ1v) is 10.8. The zero-order chi connectivity index (χ0) is 23.5. The summed E-state index contributed by atoms with van der Waals surface area (Å²) in [5.74, 6) is 0.278. The van der Waals surface area contributed by atoms with Crippen LogP contribution in [0.3, 0.4) is 0 Å². The third kappa shape index (κ3) is 5.66. The van der Waals surface area contributed by atoms with E-state index in [1.807, 2.05) is 12.1 Å². The summed E-state index contributed by atoms with van der Waals surface area (Å²) in [7, 11) is 1.76. The van der Waals surface area contributed by atoms with Crippen molar-refractivity contribution < 1.29 is 14.6 Å². The first-order chi connectivity index (χ1) is 15.0. The monoisotopic (exact) mass is 437 g/mol. The Morgan fingerprint density at radius 3 is 2.25 bits per heavy atom. The fourth-order valence-corrected chi connectivity index (χ4v) is 3.70. The van der Waals surface area contributed by atoms with Crippen molar-refractivity contribution in [3.05, 3.63) is 81.0 Å². The Bertz CT molecular complexity index is 1140. The van der Waals surface area contributed by atoms with Crippen molar-refractivity contribution in [2.45, 2.75) is 59.1 Å². The van der Waals surface area contributed by atoms with E-state index in [2.05, 4.69) is 37.1 Å². The topological polar surface area (TPSA) is 86.3 Å². The van der Waals surface area contributed by atoms with Gasteiger partial charge in [0.25, 0.3) is 0 Å². The van der Waals surface area contributed by atoms with Gasteiger partial charge in [0.2, 0.25) is 0 Å². The Balaban J connectivity index is 1.60. The average Bonchev–Trinajstić information content (AvgIpc) is 2.96. The minimum atomic E-state index is -1.28. The summed E-state index contributed by atoms with van der Waals surface area (Å²) >= 11 is 0. The van der Waals surface area contributed by atoms with Crippen LogP contribution in [-0.2, 0) is 31.2 Å². The molecule has 3 aromatic rings. The second-order valence-corrected chi connectivity index (χ2v) is 8.83. The molecule has 0 saturated heterocycles. The van der Waals surface area contributed by atoms with E-state index in [0.29, 0.717) is 18.7 Å². The van der Waals surface area contributed by atoms with E-state index in [9.17, 15) is 14.7 Å². The standard InChI is InChI=1S/C25H31N3O4/c1-17-13-18(2)15-20(14-17)16-28-24(31)27(5)22(26-28)8-6-7-19-9-11-21(12-10-19)32-25(3,4)23(29)30/h9-15H,6-8,16H2,1-5H3,(H,29,30). The summed E-state index contributed by atoms with van der Waals surface area (Å²) in [6, 6.07) is 13.7. The predicted molar refractivity (Wildman–Crippen MR) is 123 cm³/mol. The summed E-state index contributed by atoms with van der Waals surface area (Å²) in [5, 5.41) is 13.7. The van der Waals surface area contributed by atoms with E-state index in [1.54, 1.807) is 23.7 Å². The average molecular weight is 438 g/mol. The van der Waals surface area contributed by atoms with Crippen LogP contribution >= 0.6 is 0 Å². The molecule has 0 saturated carbocycles. The lowest BCUT2D eigenvalue weighted by atomic mass is 10.1. The lowest BCUT2D eigenvalue weighted by Crippen LogP contribution is -2.37. The molecule has 7 nitrogen and oxygen atoms in total. The molecule has 0 fully saturated rings. The number of hydrogen-bond donors (Lipinski definition) is 1. The molecule has 3 rings (SSSR count). The number of hydrogen-bond acceptors (Lipinski definition) is 4. The molecule has 170 valence electrons. The third-order valence-corrected chi connectivity index (χ3v) is 5.42. The number of carboxylic acids is 1. The second kappa shape index (κ2) is 9.42. The Kier molecular flexibility index (Phi) is 6.87. The molecule has 32 heavy (non-hydrogen) atoms. The Morgan fingerprint density at radius 1 is 1.03 bits per heavy atom. The van der Waals surface area contributed by atoms with Crippen LogP contribution in [0.4, 0.5) is 0 Å². The maximum Gasteiger partial charge on any atom is 0.347 e. The Morgan fingerprint density at radius 2 is 1.66 bits per heavy atom. The van der Waals surface area contributed by atoms with Gasteiger partial charge in [0, 0.05) is 13.5 Å². The number of aliphatic carboxylic acids is 1. The number of aryl methyl sites for hydroxylation is 4. The van der Waals surface area contributed by atoms with Gasteiger partial charge in [-0.3, -0.25) is 4.57 Å². The first kappa shape index (κ1) is 23.3. The molecule has 0 radical (unpaired) electrons. The molecule has 1 N–H and O–H groups in total. The highest BCUT2D eigenvalue weighted by Crippen LogP contribution is 2.20. The van der Waals surface area contributed by atoms with Gasteiger partial charge < -0.3 is 9.84 Å². The third-order valence-electron chi connectivity index (χ3n) is 5.42. The van der Waals surface area contributed by atoms with E-state index < -0.39 is 11.6 Å². The molecule has 0 aliphatic heterocycles. The zero-order valence-electron chi connectivity index (χ0n) is 19.4. The normalized spacial score (nSPS) is 11.5. The second-order valence-electron chi connectivity index (χ2n) is 8.83. The Hall–Kier alpha value is -3.35. The van der Waals surface area contributed by atoms with Crippen molar-refractivity contribution in [3.63, 3.8) is 0 Å². The van der Waals surface area contributed by atoms with Gasteiger partial charge >= 0.3 is 11.7 Å². The summed E-state index contributed by atoms with van der Waals surface area (Å²) in [6.45, 7) is 7.60. The number of rotatable bonds is 9. The molecular weight excluding hydrogens is 406 g/mol. The number of carboxylic acid groups (broad SMARTS) is 1. The number of nitrogens with zero attached hydrogens (tertiary/aromatic N) is 3. The summed E-state index contributed by atoms with van der Waals surface area (Å²) in [6.07, 6.45) is 2.35. The van der Waals surface area contributed by atoms with Gasteiger partial charge in [0.15, 0.2) is 5.60 Å². The van der Waals surface area contributed by atoms with Crippen molar-refractivity contribution in [1.29, 1.82) is 0 Å². The van der Waals surface area contributed by atoms with Crippen molar-refractivity contribution in [3.8, 4) is 5.75 Å². The SMILES string of the molecule is Cc1cc(C)cc(Cn2nc(CCCc3ccc(OC(C)(C)C(=O)O)cc3)n(C)c2=O)c1. The van der Waals surface area contributed by atoms with Crippen molar-refractivity contribution >= 4 is 5.97 Å². The van der Waals surface area contributed by atoms with Crippen LogP contribution in [0.5, 0.6) is 5.75 Å². The van der Waals surface area contributed by atoms with E-state index in [1.165, 1.54) is 29.7 Å². The molecule has 0 unspecified atom stereocenters. The van der Waals surface area contributed by atoms with Crippen LogP contribution in [0.1, 0.15) is 48.3 Å². The number of carbonyl (C=O) groups is 1. The van der Waals surface area contributed by atoms with Crippen LogP contribution in [0, 0.1) is 13.8 Å². The van der Waals surface area contributed by atoms with Gasteiger partial charge in [0.05, 0.1) is 6.54 Å². The molecule has 0 spiro atoms. The van der Waals surface area contributed by atoms with Crippen LogP contribution < -0.4 is 10.4 Å². The molecule has 0 aliphatic carbocycles. The predicted octanol–water partition coefficient (Wildman–Crippen LogP) is 3.66. The van der Waals surface area contributed by atoms with Crippen LogP contribution in [0.15, 0.2) is 47.3 Å². The lowest BCUT2D eigenvalue weighted by molar-refractivity contribution is -0.152. The molecule has 7 heteroatoms. The van der Waals surface area contributed by atoms with E-state index >= 15 is 0 Å². The molecule has 0 atom stereocenters. The number of benzene rings is 2. The van der Waals surface area contributed by atoms with Crippen molar-refractivity contribution in [2.24, 2.45) is 7.05 Å². The minimum Gasteiger partial charge on any atom is -0.478 e. The molecular formula is C25H31N3O4. The number of aromatic nitrogens is 3. The highest BCUT2D eigenvalue weighted by atomic mass is 16.5. The number of ether oxygens (including phenoxy) is 1. The maximum atomic E-state index is 12.6. The van der Waals surface area contributed by atoms with Gasteiger partial charge in [-0.15, -0.1) is 0 Å². The molecule has 1 aromatic heterocycles. The van der Waals surface area contributed by atoms with Crippen molar-refractivity contribution in [2.75, 3.05) is 0 Å². The fraction of sp³-hybridized carbons (Fsp3) is 0.400. The zero-order valence-corrected chi connectivity index (χ0v) is 19.4. The van der Waals surface area contributed by atoms with Crippen LogP contribution in [0.2, 0.25) is 0 Å². The van der Waals surface area contributed by atoms with Crippen molar-refractivity contribution in [1.82, 2.24) is 14.3 Å².